The summed E-state index contributed by atoms with van der Waals surface area (Å²) in [6.45, 7) is 5.06. The molecule has 3 rings (SSSR count). The number of pyridine rings is 1. The van der Waals surface area contributed by atoms with E-state index in [2.05, 4.69) is 10.3 Å². The number of para-hydroxylation sites is 1. The van der Waals surface area contributed by atoms with Gasteiger partial charge in [0, 0.05) is 6.07 Å². The molecule has 34 heavy (non-hydrogen) atoms. The first kappa shape index (κ1) is 25.0. The maximum Gasteiger partial charge on any atom is 0.416 e. The van der Waals surface area contributed by atoms with Crippen LogP contribution in [0, 0.1) is 18.7 Å². The third-order valence-electron chi connectivity index (χ3n) is 5.02. The molecular formula is C25H24F4N2O3. The van der Waals surface area contributed by atoms with Crippen LogP contribution >= 0.6 is 0 Å². The zero-order valence-electron chi connectivity index (χ0n) is 18.8. The Kier molecular flexibility index (Phi) is 7.75. The van der Waals surface area contributed by atoms with Crippen molar-refractivity contribution in [3.8, 4) is 11.6 Å². The Hall–Kier alpha value is -3.62. The average Bonchev–Trinajstić information content (AvgIpc) is 2.78. The van der Waals surface area contributed by atoms with Crippen molar-refractivity contribution in [1.82, 2.24) is 4.98 Å². The molecule has 0 spiro atoms. The molecule has 1 heterocycles. The molecule has 3 aromatic rings. The smallest absolute Gasteiger partial charge is 0.416 e. The predicted molar refractivity (Wildman–Crippen MR) is 119 cm³/mol. The summed E-state index contributed by atoms with van der Waals surface area (Å²) in [4.78, 5) is 17.1. The van der Waals surface area contributed by atoms with Crippen LogP contribution in [0.1, 0.15) is 30.7 Å². The molecule has 0 bridgehead atoms. The summed E-state index contributed by atoms with van der Waals surface area (Å²) in [5.41, 5.74) is -0.0874. The van der Waals surface area contributed by atoms with E-state index in [0.717, 1.165) is 17.7 Å². The number of anilines is 1. The summed E-state index contributed by atoms with van der Waals surface area (Å²) in [6.07, 6.45) is -4.67. The second-order valence-electron chi connectivity index (χ2n) is 7.99. The lowest BCUT2D eigenvalue weighted by Gasteiger charge is -2.22. The number of hydrogen-bond donors (Lipinski definition) is 1. The van der Waals surface area contributed by atoms with E-state index < -0.39 is 29.6 Å². The quantitative estimate of drug-likeness (QED) is 0.296. The van der Waals surface area contributed by atoms with Crippen molar-refractivity contribution in [2.45, 2.75) is 39.6 Å². The van der Waals surface area contributed by atoms with Crippen LogP contribution in [-0.2, 0) is 22.3 Å². The van der Waals surface area contributed by atoms with Crippen molar-refractivity contribution in [1.29, 1.82) is 0 Å². The van der Waals surface area contributed by atoms with E-state index in [9.17, 15) is 22.4 Å². The lowest BCUT2D eigenvalue weighted by atomic mass is 10.0. The normalized spacial score (nSPS) is 12.4. The summed E-state index contributed by atoms with van der Waals surface area (Å²) < 4.78 is 63.7. The number of nitrogens with one attached hydrogen (secondary N) is 1. The van der Waals surface area contributed by atoms with E-state index in [1.807, 2.05) is 18.2 Å². The molecule has 9 heteroatoms. The maximum atomic E-state index is 14.3. The van der Waals surface area contributed by atoms with Crippen molar-refractivity contribution in [3.05, 3.63) is 83.3 Å². The van der Waals surface area contributed by atoms with E-state index >= 15 is 0 Å². The number of carbonyl (C=O) groups excluding carboxylic acids is 1. The summed E-state index contributed by atoms with van der Waals surface area (Å²) >= 11 is 0. The predicted octanol–water partition coefficient (Wildman–Crippen LogP) is 6.52. The summed E-state index contributed by atoms with van der Waals surface area (Å²) in [5.74, 6) is -1.21. The third kappa shape index (κ3) is 6.46. The van der Waals surface area contributed by atoms with Crippen LogP contribution in [0.3, 0.4) is 0 Å². The molecule has 1 atom stereocenters. The largest absolute Gasteiger partial charge is 0.458 e. The Morgan fingerprint density at radius 2 is 1.76 bits per heavy atom. The van der Waals surface area contributed by atoms with Crippen molar-refractivity contribution in [2.75, 3.05) is 5.32 Å². The lowest BCUT2D eigenvalue weighted by molar-refractivity contribution is -0.147. The molecule has 1 N–H and O–H groups in total. The van der Waals surface area contributed by atoms with Gasteiger partial charge in [0.15, 0.2) is 0 Å². The minimum Gasteiger partial charge on any atom is -0.458 e. The Morgan fingerprint density at radius 3 is 2.38 bits per heavy atom. The molecule has 0 aliphatic carbocycles. The van der Waals surface area contributed by atoms with Gasteiger partial charge in [0.1, 0.15) is 24.2 Å². The standard InChI is InChI=1S/C25H24F4N2O3/c1-15(2)23(31-20-11-10-17(13-19(20)26)25(27,28)29)24(32)33-14-21-16(3)9-12-22(30-21)34-18-7-5-4-6-8-18/h4-13,15,23,31H,14H2,1-3H3. The summed E-state index contributed by atoms with van der Waals surface area (Å²) in [6, 6.07) is 13.6. The monoisotopic (exact) mass is 476 g/mol. The molecule has 0 saturated heterocycles. The van der Waals surface area contributed by atoms with E-state index in [4.69, 9.17) is 9.47 Å². The fraction of sp³-hybridized carbons (Fsp3) is 0.280. The van der Waals surface area contributed by atoms with E-state index in [0.29, 0.717) is 23.4 Å². The highest BCUT2D eigenvalue weighted by atomic mass is 19.4. The van der Waals surface area contributed by atoms with Gasteiger partial charge in [-0.25, -0.2) is 14.2 Å². The van der Waals surface area contributed by atoms with Crippen LogP contribution < -0.4 is 10.1 Å². The van der Waals surface area contributed by atoms with Gasteiger partial charge < -0.3 is 14.8 Å². The highest BCUT2D eigenvalue weighted by molar-refractivity contribution is 5.79. The zero-order valence-corrected chi connectivity index (χ0v) is 18.8. The van der Waals surface area contributed by atoms with Gasteiger partial charge >= 0.3 is 12.1 Å². The number of aromatic nitrogens is 1. The molecule has 0 amide bonds. The highest BCUT2D eigenvalue weighted by Gasteiger charge is 2.32. The fourth-order valence-corrected chi connectivity index (χ4v) is 3.07. The molecule has 1 unspecified atom stereocenters. The van der Waals surface area contributed by atoms with Gasteiger partial charge in [0.2, 0.25) is 5.88 Å². The van der Waals surface area contributed by atoms with E-state index in [1.54, 1.807) is 45.0 Å². The van der Waals surface area contributed by atoms with Crippen LogP contribution in [0.25, 0.3) is 0 Å². The molecule has 0 fully saturated rings. The first-order chi connectivity index (χ1) is 16.0. The second kappa shape index (κ2) is 10.5. The van der Waals surface area contributed by atoms with Gasteiger partial charge in [-0.05, 0) is 48.7 Å². The van der Waals surface area contributed by atoms with Crippen molar-refractivity contribution in [2.24, 2.45) is 5.92 Å². The Balaban J connectivity index is 1.69. The number of alkyl halides is 3. The number of ether oxygens (including phenoxy) is 2. The number of aryl methyl sites for hydroxylation is 1. The number of rotatable bonds is 8. The molecule has 5 nitrogen and oxygen atoms in total. The van der Waals surface area contributed by atoms with E-state index in [-0.39, 0.29) is 18.2 Å². The zero-order chi connectivity index (χ0) is 24.9. The number of nitrogens with zero attached hydrogens (tertiary/aromatic N) is 1. The molecule has 0 radical (unpaired) electrons. The van der Waals surface area contributed by atoms with Gasteiger partial charge in [0.05, 0.1) is 16.9 Å². The maximum absolute atomic E-state index is 14.3. The topological polar surface area (TPSA) is 60.5 Å². The van der Waals surface area contributed by atoms with Gasteiger partial charge in [0.25, 0.3) is 0 Å². The Labute approximate surface area is 194 Å². The SMILES string of the molecule is Cc1ccc(Oc2ccccc2)nc1COC(=O)C(Nc1ccc(C(F)(F)F)cc1F)C(C)C. The summed E-state index contributed by atoms with van der Waals surface area (Å²) in [5, 5.41) is 2.66. The molecule has 0 saturated carbocycles. The average molecular weight is 476 g/mol. The number of benzene rings is 2. The van der Waals surface area contributed by atoms with Gasteiger partial charge in [-0.1, -0.05) is 38.1 Å². The molecule has 2 aromatic carbocycles. The Bertz CT molecular complexity index is 1130. The first-order valence-electron chi connectivity index (χ1n) is 10.5. The van der Waals surface area contributed by atoms with Gasteiger partial charge in [-0.3, -0.25) is 0 Å². The minimum absolute atomic E-state index is 0.156. The van der Waals surface area contributed by atoms with Crippen LogP contribution in [0.4, 0.5) is 23.2 Å². The van der Waals surface area contributed by atoms with Gasteiger partial charge in [-0.2, -0.15) is 13.2 Å². The molecule has 0 aliphatic heterocycles. The molecule has 1 aromatic heterocycles. The third-order valence-corrected chi connectivity index (χ3v) is 5.02. The first-order valence-corrected chi connectivity index (χ1v) is 10.5. The molecule has 0 aliphatic rings. The summed E-state index contributed by atoms with van der Waals surface area (Å²) in [7, 11) is 0. The highest BCUT2D eigenvalue weighted by Crippen LogP contribution is 2.31. The van der Waals surface area contributed by atoms with Crippen LogP contribution in [0.15, 0.2) is 60.7 Å². The molecular weight excluding hydrogens is 452 g/mol. The number of esters is 1. The number of hydrogen-bond acceptors (Lipinski definition) is 5. The van der Waals surface area contributed by atoms with Crippen molar-refractivity contribution in [3.63, 3.8) is 0 Å². The fourth-order valence-electron chi connectivity index (χ4n) is 3.07. The van der Waals surface area contributed by atoms with Crippen molar-refractivity contribution >= 4 is 11.7 Å². The van der Waals surface area contributed by atoms with E-state index in [1.165, 1.54) is 0 Å². The minimum atomic E-state index is -4.67. The second-order valence-corrected chi connectivity index (χ2v) is 7.99. The van der Waals surface area contributed by atoms with Gasteiger partial charge in [-0.15, -0.1) is 0 Å². The van der Waals surface area contributed by atoms with Crippen LogP contribution in [-0.4, -0.2) is 17.0 Å². The number of carbonyl (C=O) groups is 1. The number of halogens is 4. The van der Waals surface area contributed by atoms with Crippen molar-refractivity contribution < 1.29 is 31.8 Å². The van der Waals surface area contributed by atoms with Crippen LogP contribution in [0.2, 0.25) is 0 Å². The van der Waals surface area contributed by atoms with Crippen LogP contribution in [0.5, 0.6) is 11.6 Å². The molecule has 180 valence electrons. The lowest BCUT2D eigenvalue weighted by Crippen LogP contribution is -2.36. The Morgan fingerprint density at radius 1 is 1.06 bits per heavy atom.